The molecular formula is C14H16N2O2. The van der Waals surface area contributed by atoms with E-state index < -0.39 is 0 Å². The summed E-state index contributed by atoms with van der Waals surface area (Å²) in [5, 5.41) is 12.4. The van der Waals surface area contributed by atoms with Crippen LogP contribution in [0.5, 0.6) is 0 Å². The fourth-order valence-corrected chi connectivity index (χ4v) is 2.71. The van der Waals surface area contributed by atoms with E-state index in [9.17, 15) is 10.1 Å². The molecule has 0 fully saturated rings. The van der Waals surface area contributed by atoms with Crippen molar-refractivity contribution in [2.75, 3.05) is 0 Å². The summed E-state index contributed by atoms with van der Waals surface area (Å²) in [5.41, 5.74) is 4.40. The van der Waals surface area contributed by atoms with Crippen molar-refractivity contribution in [1.29, 1.82) is 0 Å². The second-order valence-corrected chi connectivity index (χ2v) is 5.11. The van der Waals surface area contributed by atoms with Crippen LogP contribution in [0.1, 0.15) is 35.4 Å². The van der Waals surface area contributed by atoms with Crippen LogP contribution in [0.4, 0.5) is 0 Å². The van der Waals surface area contributed by atoms with Gasteiger partial charge in [0.25, 0.3) is 11.2 Å². The van der Waals surface area contributed by atoms with Gasteiger partial charge in [-0.15, -0.1) is 0 Å². The number of hydrogen-bond acceptors (Lipinski definition) is 2. The Morgan fingerprint density at radius 1 is 1.17 bits per heavy atom. The third-order valence-corrected chi connectivity index (χ3v) is 3.93. The summed E-state index contributed by atoms with van der Waals surface area (Å²) >= 11 is 0. The molecule has 2 aromatic rings. The van der Waals surface area contributed by atoms with Gasteiger partial charge in [0.15, 0.2) is 0 Å². The maximum absolute atomic E-state index is 12.4. The van der Waals surface area contributed by atoms with Gasteiger partial charge >= 0.3 is 0 Å². The largest absolute Gasteiger partial charge is 0.805 e. The molecule has 0 radical (unpaired) electrons. The Morgan fingerprint density at radius 2 is 1.83 bits per heavy atom. The second-order valence-electron chi connectivity index (χ2n) is 5.11. The molecule has 0 unspecified atom stereocenters. The highest BCUT2D eigenvalue weighted by Crippen LogP contribution is 2.23. The summed E-state index contributed by atoms with van der Waals surface area (Å²) in [5.74, 6) is 0. The molecule has 0 atom stereocenters. The Balaban J connectivity index is 2.48. The maximum Gasteiger partial charge on any atom is 0.286 e. The fraction of sp³-hybridized carbons (Fsp3) is 0.429. The van der Waals surface area contributed by atoms with Crippen LogP contribution in [0.15, 0.2) is 12.1 Å². The van der Waals surface area contributed by atoms with Gasteiger partial charge < -0.3 is 9.94 Å². The summed E-state index contributed by atoms with van der Waals surface area (Å²) in [4.78, 5) is 12.4. The molecule has 1 aliphatic carbocycles. The van der Waals surface area contributed by atoms with E-state index in [1.165, 1.54) is 0 Å². The zero-order chi connectivity index (χ0) is 12.9. The van der Waals surface area contributed by atoms with E-state index in [1.807, 2.05) is 26.0 Å². The molecule has 3 rings (SSSR count). The number of aromatic nitrogens is 2. The van der Waals surface area contributed by atoms with Crippen molar-refractivity contribution in [1.82, 2.24) is 4.73 Å². The standard InChI is InChI=1S/C14H16N2O2/c1-9-7-13-14(8-10(9)2)16(18)12-6-4-3-5-11(12)15(13)17/h7-8H,3-6H2,1-2H3. The van der Waals surface area contributed by atoms with Crippen molar-refractivity contribution in [2.45, 2.75) is 39.5 Å². The van der Waals surface area contributed by atoms with Gasteiger partial charge in [-0.2, -0.15) is 0 Å². The Kier molecular flexibility index (Phi) is 2.40. The quantitative estimate of drug-likeness (QED) is 0.668. The van der Waals surface area contributed by atoms with Crippen molar-refractivity contribution in [3.63, 3.8) is 0 Å². The van der Waals surface area contributed by atoms with Crippen molar-refractivity contribution >= 4 is 11.0 Å². The molecular weight excluding hydrogens is 228 g/mol. The first-order valence-corrected chi connectivity index (χ1v) is 6.37. The highest BCUT2D eigenvalue weighted by molar-refractivity contribution is 5.74. The van der Waals surface area contributed by atoms with E-state index in [4.69, 9.17) is 0 Å². The summed E-state index contributed by atoms with van der Waals surface area (Å²) < 4.78 is 1.93. The van der Waals surface area contributed by atoms with Gasteiger partial charge in [0.2, 0.25) is 0 Å². The first-order valence-electron chi connectivity index (χ1n) is 6.37. The van der Waals surface area contributed by atoms with Gasteiger partial charge in [-0.25, -0.2) is 0 Å². The molecule has 94 valence electrons. The average molecular weight is 244 g/mol. The van der Waals surface area contributed by atoms with Gasteiger partial charge in [-0.3, -0.25) is 0 Å². The van der Waals surface area contributed by atoms with E-state index >= 15 is 0 Å². The van der Waals surface area contributed by atoms with Crippen molar-refractivity contribution in [3.8, 4) is 0 Å². The first-order chi connectivity index (χ1) is 8.59. The topological polar surface area (TPSA) is 51.0 Å². The minimum Gasteiger partial charge on any atom is -0.805 e. The van der Waals surface area contributed by atoms with Gasteiger partial charge in [-0.1, -0.05) is 0 Å². The number of aryl methyl sites for hydroxylation is 2. The molecule has 0 amide bonds. The molecule has 18 heavy (non-hydrogen) atoms. The zero-order valence-corrected chi connectivity index (χ0v) is 10.7. The molecule has 0 bridgehead atoms. The third kappa shape index (κ3) is 1.45. The Hall–Kier alpha value is -1.84. The van der Waals surface area contributed by atoms with Gasteiger partial charge in [0.05, 0.1) is 10.1 Å². The summed E-state index contributed by atoms with van der Waals surface area (Å²) in [6.45, 7) is 3.92. The molecule has 1 heterocycles. The zero-order valence-electron chi connectivity index (χ0n) is 10.7. The monoisotopic (exact) mass is 244 g/mol. The average Bonchev–Trinajstić information content (AvgIpc) is 2.38. The molecule has 1 aliphatic rings. The fourth-order valence-electron chi connectivity index (χ4n) is 2.71. The lowest BCUT2D eigenvalue weighted by Gasteiger charge is -2.22. The van der Waals surface area contributed by atoms with Crippen LogP contribution >= 0.6 is 0 Å². The van der Waals surface area contributed by atoms with Crippen LogP contribution in [0, 0.1) is 24.0 Å². The van der Waals surface area contributed by atoms with Gasteiger partial charge in [-0.05, 0) is 50.3 Å². The molecule has 0 spiro atoms. The van der Waals surface area contributed by atoms with Crippen molar-refractivity contribution in [3.05, 3.63) is 44.8 Å². The molecule has 0 saturated heterocycles. The molecule has 0 saturated carbocycles. The van der Waals surface area contributed by atoms with Crippen LogP contribution in [-0.4, -0.2) is 4.73 Å². The van der Waals surface area contributed by atoms with Crippen LogP contribution in [0.2, 0.25) is 0 Å². The molecule has 1 aromatic heterocycles. The smallest absolute Gasteiger partial charge is 0.286 e. The second kappa shape index (κ2) is 3.83. The predicted molar refractivity (Wildman–Crippen MR) is 70.2 cm³/mol. The Morgan fingerprint density at radius 3 is 2.61 bits per heavy atom. The lowest BCUT2D eigenvalue weighted by Crippen LogP contribution is -2.30. The van der Waals surface area contributed by atoms with Crippen molar-refractivity contribution in [2.24, 2.45) is 0 Å². The molecule has 4 nitrogen and oxygen atoms in total. The first kappa shape index (κ1) is 11.3. The molecule has 4 heteroatoms. The highest BCUT2D eigenvalue weighted by Gasteiger charge is 2.24. The summed E-state index contributed by atoms with van der Waals surface area (Å²) in [7, 11) is 0. The van der Waals surface area contributed by atoms with Gasteiger partial charge in [0.1, 0.15) is 5.52 Å². The van der Waals surface area contributed by atoms with Crippen LogP contribution < -0.4 is 4.43 Å². The minimum atomic E-state index is 0.494. The van der Waals surface area contributed by atoms with Gasteiger partial charge in [0, 0.05) is 17.4 Å². The van der Waals surface area contributed by atoms with E-state index in [0.717, 1.165) is 33.1 Å². The number of benzene rings is 1. The predicted octanol–water partition coefficient (Wildman–Crippen LogP) is 2.40. The van der Waals surface area contributed by atoms with Crippen LogP contribution in [0.3, 0.4) is 0 Å². The number of hydrogen-bond donors (Lipinski definition) is 0. The normalized spacial score (nSPS) is 14.8. The third-order valence-electron chi connectivity index (χ3n) is 3.93. The van der Waals surface area contributed by atoms with Crippen molar-refractivity contribution < 1.29 is 4.43 Å². The van der Waals surface area contributed by atoms with E-state index in [2.05, 4.69) is 0 Å². The molecule has 1 aromatic carbocycles. The molecule has 0 aliphatic heterocycles. The number of nitrogens with zero attached hydrogens (tertiary/aromatic N) is 2. The number of fused-ring (bicyclic) bond motifs is 2. The maximum atomic E-state index is 12.4. The Bertz CT molecular complexity index is 701. The lowest BCUT2D eigenvalue weighted by atomic mass is 9.99. The van der Waals surface area contributed by atoms with E-state index in [-0.39, 0.29) is 0 Å². The van der Waals surface area contributed by atoms with E-state index in [1.54, 1.807) is 0 Å². The molecule has 0 N–H and O–H groups in total. The SMILES string of the molecule is Cc1cc2c(cc1C)[n+](=O)c1c(n2[O-])CCCC1. The van der Waals surface area contributed by atoms with E-state index in [0.29, 0.717) is 35.3 Å². The highest BCUT2D eigenvalue weighted by atomic mass is 16.5. The lowest BCUT2D eigenvalue weighted by molar-refractivity contribution is -0.476. The summed E-state index contributed by atoms with van der Waals surface area (Å²) in [6.07, 6.45) is 3.41. The van der Waals surface area contributed by atoms with Crippen LogP contribution in [0.25, 0.3) is 11.0 Å². The number of rotatable bonds is 0. The van der Waals surface area contributed by atoms with Crippen LogP contribution in [-0.2, 0) is 12.8 Å². The summed E-state index contributed by atoms with van der Waals surface area (Å²) in [6, 6.07) is 3.64. The minimum absolute atomic E-state index is 0.494. The Labute approximate surface area is 105 Å².